The molecule has 5 nitrogen and oxygen atoms in total. The molecule has 0 heterocycles. The number of nitrogens with one attached hydrogen (secondary N) is 2. The summed E-state index contributed by atoms with van der Waals surface area (Å²) in [5.74, 6) is -1.13. The van der Waals surface area contributed by atoms with Crippen LogP contribution < -0.4 is 15.6 Å². The van der Waals surface area contributed by atoms with Crippen molar-refractivity contribution in [2.75, 3.05) is 0 Å². The predicted molar refractivity (Wildman–Crippen MR) is 82.1 cm³/mol. The first-order valence-corrected chi connectivity index (χ1v) is 7.16. The van der Waals surface area contributed by atoms with E-state index in [-0.39, 0.29) is 11.3 Å². The molecule has 0 fully saturated rings. The van der Waals surface area contributed by atoms with Crippen molar-refractivity contribution in [3.8, 4) is 5.75 Å². The normalized spacial score (nSPS) is 10.3. The highest BCUT2D eigenvalue weighted by Gasteiger charge is 2.10. The van der Waals surface area contributed by atoms with E-state index in [1.807, 2.05) is 0 Å². The zero-order valence-electron chi connectivity index (χ0n) is 11.6. The first-order valence-electron chi connectivity index (χ1n) is 6.37. The van der Waals surface area contributed by atoms with E-state index < -0.39 is 18.4 Å². The van der Waals surface area contributed by atoms with E-state index in [1.165, 1.54) is 24.3 Å². The number of alkyl halides is 2. The van der Waals surface area contributed by atoms with Crippen LogP contribution in [-0.2, 0) is 0 Å². The molecule has 0 unspecified atom stereocenters. The zero-order valence-corrected chi connectivity index (χ0v) is 13.1. The van der Waals surface area contributed by atoms with Crippen molar-refractivity contribution in [2.24, 2.45) is 0 Å². The third kappa shape index (κ3) is 5.03. The van der Waals surface area contributed by atoms with Gasteiger partial charge in [0.1, 0.15) is 5.75 Å². The average molecular weight is 385 g/mol. The number of halogens is 3. The van der Waals surface area contributed by atoms with Crippen molar-refractivity contribution in [1.82, 2.24) is 10.9 Å². The number of hydrogen-bond acceptors (Lipinski definition) is 3. The number of benzene rings is 2. The molecule has 2 N–H and O–H groups in total. The highest BCUT2D eigenvalue weighted by atomic mass is 79.9. The van der Waals surface area contributed by atoms with Gasteiger partial charge in [-0.25, -0.2) is 0 Å². The van der Waals surface area contributed by atoms with E-state index >= 15 is 0 Å². The molecule has 0 aliphatic rings. The van der Waals surface area contributed by atoms with Crippen LogP contribution in [0.3, 0.4) is 0 Å². The first-order chi connectivity index (χ1) is 11.0. The van der Waals surface area contributed by atoms with Gasteiger partial charge in [-0.15, -0.1) is 0 Å². The van der Waals surface area contributed by atoms with Gasteiger partial charge in [0.15, 0.2) is 0 Å². The molecular formula is C15H11BrF2N2O3. The van der Waals surface area contributed by atoms with Crippen LogP contribution in [0.2, 0.25) is 0 Å². The number of hydrogen-bond donors (Lipinski definition) is 2. The molecular weight excluding hydrogens is 374 g/mol. The lowest BCUT2D eigenvalue weighted by Gasteiger charge is -2.08. The van der Waals surface area contributed by atoms with Gasteiger partial charge in [-0.1, -0.05) is 15.9 Å². The maximum absolute atomic E-state index is 12.0. The van der Waals surface area contributed by atoms with E-state index in [0.29, 0.717) is 5.56 Å². The summed E-state index contributed by atoms with van der Waals surface area (Å²) >= 11 is 3.25. The molecule has 0 atom stereocenters. The number of ether oxygens (including phenoxy) is 1. The largest absolute Gasteiger partial charge is 0.435 e. The molecule has 23 heavy (non-hydrogen) atoms. The minimum Gasteiger partial charge on any atom is -0.435 e. The molecule has 0 aromatic heterocycles. The van der Waals surface area contributed by atoms with Crippen LogP contribution in [0.4, 0.5) is 8.78 Å². The fourth-order valence-electron chi connectivity index (χ4n) is 1.65. The molecule has 8 heteroatoms. The number of amides is 2. The molecule has 2 rings (SSSR count). The summed E-state index contributed by atoms with van der Waals surface area (Å²) in [4.78, 5) is 23.7. The molecule has 0 radical (unpaired) electrons. The first kappa shape index (κ1) is 16.9. The molecule has 2 amide bonds. The molecule has 2 aromatic rings. The van der Waals surface area contributed by atoms with Crippen LogP contribution in [0.5, 0.6) is 5.75 Å². The fourth-order valence-corrected chi connectivity index (χ4v) is 1.91. The Morgan fingerprint density at radius 2 is 1.30 bits per heavy atom. The third-order valence-electron chi connectivity index (χ3n) is 2.74. The van der Waals surface area contributed by atoms with Crippen LogP contribution in [0.1, 0.15) is 20.7 Å². The van der Waals surface area contributed by atoms with Gasteiger partial charge in [0.25, 0.3) is 11.8 Å². The SMILES string of the molecule is O=C(NNC(=O)c1ccc(OC(F)F)cc1)c1ccc(Br)cc1. The topological polar surface area (TPSA) is 67.4 Å². The second kappa shape index (κ2) is 7.68. The lowest BCUT2D eigenvalue weighted by atomic mass is 10.2. The van der Waals surface area contributed by atoms with Crippen molar-refractivity contribution in [3.05, 3.63) is 64.1 Å². The second-order valence-corrected chi connectivity index (χ2v) is 5.23. The van der Waals surface area contributed by atoms with Gasteiger partial charge in [-0.3, -0.25) is 20.4 Å². The number of carbonyl (C=O) groups excluding carboxylic acids is 2. The molecule has 2 aromatic carbocycles. The minimum absolute atomic E-state index is 0.0598. The van der Waals surface area contributed by atoms with Crippen LogP contribution >= 0.6 is 15.9 Å². The Hall–Kier alpha value is -2.48. The van der Waals surface area contributed by atoms with Crippen LogP contribution in [0, 0.1) is 0 Å². The van der Waals surface area contributed by atoms with Crippen molar-refractivity contribution >= 4 is 27.7 Å². The quantitative estimate of drug-likeness (QED) is 0.795. The summed E-state index contributed by atoms with van der Waals surface area (Å²) in [6.45, 7) is -2.93. The molecule has 0 aliphatic carbocycles. The van der Waals surface area contributed by atoms with E-state index in [9.17, 15) is 18.4 Å². The standard InChI is InChI=1S/C15H11BrF2N2O3/c16-11-5-1-9(2-6-11)13(21)19-20-14(22)10-3-7-12(8-4-10)23-15(17)18/h1-8,15H,(H,19,21)(H,20,22). The van der Waals surface area contributed by atoms with Crippen LogP contribution in [0.25, 0.3) is 0 Å². The van der Waals surface area contributed by atoms with Gasteiger partial charge < -0.3 is 4.74 Å². The van der Waals surface area contributed by atoms with Crippen molar-refractivity contribution in [1.29, 1.82) is 0 Å². The summed E-state index contributed by atoms with van der Waals surface area (Å²) in [6.07, 6.45) is 0. The highest BCUT2D eigenvalue weighted by molar-refractivity contribution is 9.10. The van der Waals surface area contributed by atoms with Crippen molar-refractivity contribution in [2.45, 2.75) is 6.61 Å². The van der Waals surface area contributed by atoms with Crippen molar-refractivity contribution < 1.29 is 23.1 Å². The molecule has 120 valence electrons. The van der Waals surface area contributed by atoms with Gasteiger partial charge in [0, 0.05) is 15.6 Å². The summed E-state index contributed by atoms with van der Waals surface area (Å²) in [6, 6.07) is 11.6. The Balaban J connectivity index is 1.91. The van der Waals surface area contributed by atoms with Crippen molar-refractivity contribution in [3.63, 3.8) is 0 Å². The Bertz CT molecular complexity index is 691. The van der Waals surface area contributed by atoms with Crippen LogP contribution in [0.15, 0.2) is 53.0 Å². The van der Waals surface area contributed by atoms with E-state index in [4.69, 9.17) is 0 Å². The Labute approximate surface area is 138 Å². The number of carbonyl (C=O) groups is 2. The van der Waals surface area contributed by atoms with E-state index in [1.54, 1.807) is 24.3 Å². The lowest BCUT2D eigenvalue weighted by molar-refractivity contribution is -0.0498. The fraction of sp³-hybridized carbons (Fsp3) is 0.0667. The smallest absolute Gasteiger partial charge is 0.387 e. The molecule has 0 saturated heterocycles. The van der Waals surface area contributed by atoms with Gasteiger partial charge in [-0.2, -0.15) is 8.78 Å². The summed E-state index contributed by atoms with van der Waals surface area (Å²) in [7, 11) is 0. The molecule has 0 bridgehead atoms. The maximum atomic E-state index is 12.0. The van der Waals surface area contributed by atoms with Gasteiger partial charge in [0.05, 0.1) is 0 Å². The lowest BCUT2D eigenvalue weighted by Crippen LogP contribution is -2.41. The monoisotopic (exact) mass is 384 g/mol. The Morgan fingerprint density at radius 1 is 0.870 bits per heavy atom. The zero-order chi connectivity index (χ0) is 16.8. The highest BCUT2D eigenvalue weighted by Crippen LogP contribution is 2.14. The molecule has 0 aliphatic heterocycles. The summed E-state index contributed by atoms with van der Waals surface area (Å²) in [5, 5.41) is 0. The summed E-state index contributed by atoms with van der Waals surface area (Å²) < 4.78 is 29.0. The Kier molecular flexibility index (Phi) is 5.64. The maximum Gasteiger partial charge on any atom is 0.387 e. The minimum atomic E-state index is -2.93. The van der Waals surface area contributed by atoms with E-state index in [2.05, 4.69) is 31.5 Å². The predicted octanol–water partition coefficient (Wildman–Crippen LogP) is 3.13. The summed E-state index contributed by atoms with van der Waals surface area (Å²) in [5.41, 5.74) is 5.04. The van der Waals surface area contributed by atoms with Gasteiger partial charge in [0.2, 0.25) is 0 Å². The number of hydrazine groups is 1. The Morgan fingerprint density at radius 3 is 1.74 bits per heavy atom. The number of rotatable bonds is 4. The molecule has 0 spiro atoms. The van der Waals surface area contributed by atoms with Gasteiger partial charge >= 0.3 is 6.61 Å². The molecule has 0 saturated carbocycles. The third-order valence-corrected chi connectivity index (χ3v) is 3.27. The van der Waals surface area contributed by atoms with Crippen LogP contribution in [-0.4, -0.2) is 18.4 Å². The average Bonchev–Trinajstić information content (AvgIpc) is 2.53. The second-order valence-electron chi connectivity index (χ2n) is 4.32. The van der Waals surface area contributed by atoms with Gasteiger partial charge in [-0.05, 0) is 48.5 Å². The van der Waals surface area contributed by atoms with E-state index in [0.717, 1.165) is 4.47 Å².